The Labute approximate surface area is 186 Å². The van der Waals surface area contributed by atoms with E-state index in [4.69, 9.17) is 4.74 Å². The Morgan fingerprint density at radius 2 is 1.72 bits per heavy atom. The van der Waals surface area contributed by atoms with Crippen LogP contribution in [0.4, 0.5) is 5.69 Å². The third-order valence-corrected chi connectivity index (χ3v) is 7.13. The first-order valence-electron chi connectivity index (χ1n) is 10.0. The average molecular weight is 454 g/mol. The smallest absolute Gasteiger partial charge is 0.251 e. The summed E-state index contributed by atoms with van der Waals surface area (Å²) in [6.45, 7) is -0.0516. The largest absolute Gasteiger partial charge is 0.489 e. The van der Waals surface area contributed by atoms with Gasteiger partial charge in [-0.3, -0.25) is 14.5 Å². The van der Waals surface area contributed by atoms with E-state index in [2.05, 4.69) is 0 Å². The number of aromatic nitrogens is 1. The van der Waals surface area contributed by atoms with E-state index in [0.717, 1.165) is 20.5 Å². The highest BCUT2D eigenvalue weighted by Gasteiger charge is 2.33. The van der Waals surface area contributed by atoms with E-state index >= 15 is 0 Å². The van der Waals surface area contributed by atoms with Crippen molar-refractivity contribution in [1.29, 1.82) is 0 Å². The van der Waals surface area contributed by atoms with Gasteiger partial charge >= 0.3 is 0 Å². The molecule has 3 aromatic rings. The molecule has 1 unspecified atom stereocenters. The number of ether oxygens (including phenoxy) is 1. The lowest BCUT2D eigenvalue weighted by Crippen LogP contribution is -2.43. The van der Waals surface area contributed by atoms with Crippen molar-refractivity contribution in [3.63, 3.8) is 0 Å². The second-order valence-corrected chi connectivity index (χ2v) is 9.74. The van der Waals surface area contributed by atoms with Crippen LogP contribution >= 0.6 is 0 Å². The maximum absolute atomic E-state index is 13.5. The molecule has 8 nitrogen and oxygen atoms in total. The number of rotatable bonds is 5. The van der Waals surface area contributed by atoms with Crippen molar-refractivity contribution in [2.24, 2.45) is 0 Å². The number of sulfonamides is 1. The lowest BCUT2D eigenvalue weighted by atomic mass is 10.0. The molecule has 166 valence electrons. The third-order valence-electron chi connectivity index (χ3n) is 5.33. The molecule has 1 amide bonds. The van der Waals surface area contributed by atoms with E-state index in [1.165, 1.54) is 26.4 Å². The van der Waals surface area contributed by atoms with Gasteiger partial charge in [0, 0.05) is 26.4 Å². The van der Waals surface area contributed by atoms with Crippen LogP contribution in [0.5, 0.6) is 5.75 Å². The van der Waals surface area contributed by atoms with Gasteiger partial charge in [-0.2, -0.15) is 0 Å². The number of carbonyl (C=O) groups is 1. The Hall–Kier alpha value is -3.43. The number of fused-ring (bicyclic) bond motifs is 1. The molecule has 0 saturated heterocycles. The Morgan fingerprint density at radius 1 is 1.03 bits per heavy atom. The van der Waals surface area contributed by atoms with Gasteiger partial charge in [0.1, 0.15) is 18.9 Å². The summed E-state index contributed by atoms with van der Waals surface area (Å²) in [6, 6.07) is 18.7. The van der Waals surface area contributed by atoms with E-state index in [1.807, 2.05) is 42.5 Å². The predicted octanol–water partition coefficient (Wildman–Crippen LogP) is 2.27. The Bertz CT molecular complexity index is 1300. The van der Waals surface area contributed by atoms with Gasteiger partial charge in [0.25, 0.3) is 5.56 Å². The summed E-state index contributed by atoms with van der Waals surface area (Å²) in [7, 11) is -0.935. The Kier molecular flexibility index (Phi) is 5.86. The van der Waals surface area contributed by atoms with E-state index in [-0.39, 0.29) is 30.0 Å². The van der Waals surface area contributed by atoms with Crippen LogP contribution in [0.15, 0.2) is 82.6 Å². The van der Waals surface area contributed by atoms with Crippen molar-refractivity contribution in [2.45, 2.75) is 17.5 Å². The minimum atomic E-state index is -3.75. The zero-order valence-electron chi connectivity index (χ0n) is 17.7. The predicted molar refractivity (Wildman–Crippen MR) is 120 cm³/mol. The van der Waals surface area contributed by atoms with Gasteiger partial charge in [-0.25, -0.2) is 12.7 Å². The van der Waals surface area contributed by atoms with Crippen LogP contribution in [0.1, 0.15) is 11.6 Å². The SMILES string of the molecule is CN(C)S(=O)(=O)c1ccc(=O)n(CC(=O)N2c3ccccc3OCC2c2ccccc2)c1. The number of nitrogens with zero attached hydrogens (tertiary/aromatic N) is 3. The molecule has 32 heavy (non-hydrogen) atoms. The number of hydrogen-bond donors (Lipinski definition) is 0. The number of benzene rings is 2. The second kappa shape index (κ2) is 8.60. The summed E-state index contributed by atoms with van der Waals surface area (Å²) in [5.74, 6) is 0.223. The first-order chi connectivity index (χ1) is 15.3. The summed E-state index contributed by atoms with van der Waals surface area (Å²) >= 11 is 0. The fraction of sp³-hybridized carbons (Fsp3) is 0.217. The van der Waals surface area contributed by atoms with Crippen LogP contribution in [0, 0.1) is 0 Å². The topological polar surface area (TPSA) is 88.9 Å². The van der Waals surface area contributed by atoms with Crippen molar-refractivity contribution >= 4 is 21.6 Å². The van der Waals surface area contributed by atoms with Crippen molar-refractivity contribution in [3.05, 3.63) is 88.8 Å². The van der Waals surface area contributed by atoms with Crippen LogP contribution in [-0.4, -0.2) is 43.9 Å². The molecule has 0 N–H and O–H groups in total. The fourth-order valence-corrected chi connectivity index (χ4v) is 4.56. The molecule has 0 fully saturated rings. The normalized spacial score (nSPS) is 15.8. The average Bonchev–Trinajstić information content (AvgIpc) is 2.80. The number of carbonyl (C=O) groups excluding carboxylic acids is 1. The van der Waals surface area contributed by atoms with Gasteiger partial charge < -0.3 is 9.30 Å². The molecular weight excluding hydrogens is 430 g/mol. The number of hydrogen-bond acceptors (Lipinski definition) is 5. The number of amides is 1. The van der Waals surface area contributed by atoms with E-state index in [1.54, 1.807) is 17.0 Å². The maximum atomic E-state index is 13.5. The molecule has 1 aliphatic rings. The van der Waals surface area contributed by atoms with Crippen molar-refractivity contribution in [2.75, 3.05) is 25.6 Å². The van der Waals surface area contributed by atoms with Crippen LogP contribution in [0.25, 0.3) is 0 Å². The van der Waals surface area contributed by atoms with Gasteiger partial charge in [-0.15, -0.1) is 0 Å². The Morgan fingerprint density at radius 3 is 2.44 bits per heavy atom. The minimum absolute atomic E-state index is 0.0584. The Balaban J connectivity index is 1.73. The van der Waals surface area contributed by atoms with Gasteiger partial charge in [0.05, 0.1) is 16.6 Å². The summed E-state index contributed by atoms with van der Waals surface area (Å²) in [5.41, 5.74) is 1.03. The molecule has 1 atom stereocenters. The molecule has 2 heterocycles. The molecular formula is C23H23N3O5S. The van der Waals surface area contributed by atoms with E-state index in [0.29, 0.717) is 11.4 Å². The molecule has 4 rings (SSSR count). The lowest BCUT2D eigenvalue weighted by molar-refractivity contribution is -0.120. The van der Waals surface area contributed by atoms with Gasteiger partial charge in [-0.05, 0) is 23.8 Å². The summed E-state index contributed by atoms with van der Waals surface area (Å²) in [4.78, 5) is 27.5. The molecule has 0 aliphatic carbocycles. The quantitative estimate of drug-likeness (QED) is 0.591. The molecule has 9 heteroatoms. The molecule has 0 spiro atoms. The zero-order valence-corrected chi connectivity index (χ0v) is 18.5. The molecule has 0 radical (unpaired) electrons. The maximum Gasteiger partial charge on any atom is 0.251 e. The summed E-state index contributed by atoms with van der Waals surface area (Å²) in [5, 5.41) is 0. The molecule has 0 bridgehead atoms. The van der Waals surface area contributed by atoms with Gasteiger partial charge in [0.15, 0.2) is 0 Å². The highest BCUT2D eigenvalue weighted by Crippen LogP contribution is 2.39. The first-order valence-corrected chi connectivity index (χ1v) is 11.4. The number of para-hydroxylation sites is 2. The van der Waals surface area contributed by atoms with Crippen LogP contribution in [-0.2, 0) is 21.4 Å². The van der Waals surface area contributed by atoms with Gasteiger partial charge in [0.2, 0.25) is 15.9 Å². The standard InChI is InChI=1S/C23H23N3O5S/c1-24(2)32(29,30)18-12-13-22(27)25(14-18)15-23(28)26-19-10-6-7-11-21(19)31-16-20(26)17-8-4-3-5-9-17/h3-14,20H,15-16H2,1-2H3. The minimum Gasteiger partial charge on any atom is -0.489 e. The van der Waals surface area contributed by atoms with E-state index in [9.17, 15) is 18.0 Å². The number of pyridine rings is 1. The molecule has 0 saturated carbocycles. The van der Waals surface area contributed by atoms with Crippen LogP contribution < -0.4 is 15.2 Å². The van der Waals surface area contributed by atoms with Crippen molar-refractivity contribution < 1.29 is 17.9 Å². The van der Waals surface area contributed by atoms with Crippen LogP contribution in [0.3, 0.4) is 0 Å². The highest BCUT2D eigenvalue weighted by atomic mass is 32.2. The van der Waals surface area contributed by atoms with Gasteiger partial charge in [-0.1, -0.05) is 42.5 Å². The number of anilines is 1. The highest BCUT2D eigenvalue weighted by molar-refractivity contribution is 7.89. The molecule has 1 aliphatic heterocycles. The monoisotopic (exact) mass is 453 g/mol. The van der Waals surface area contributed by atoms with Crippen LogP contribution in [0.2, 0.25) is 0 Å². The zero-order chi connectivity index (χ0) is 22.9. The lowest BCUT2D eigenvalue weighted by Gasteiger charge is -2.37. The summed E-state index contributed by atoms with van der Waals surface area (Å²) in [6.07, 6.45) is 1.21. The summed E-state index contributed by atoms with van der Waals surface area (Å²) < 4.78 is 33.0. The molecule has 1 aromatic heterocycles. The van der Waals surface area contributed by atoms with Crippen molar-refractivity contribution in [3.8, 4) is 5.75 Å². The van der Waals surface area contributed by atoms with Crippen molar-refractivity contribution in [1.82, 2.24) is 8.87 Å². The fourth-order valence-electron chi connectivity index (χ4n) is 3.64. The second-order valence-electron chi connectivity index (χ2n) is 7.59. The third kappa shape index (κ3) is 4.04. The van der Waals surface area contributed by atoms with E-state index < -0.39 is 15.6 Å². The first kappa shape index (κ1) is 21.8. The molecule has 2 aromatic carbocycles.